The smallest absolute Gasteiger partial charge is 0.187 e. The van der Waals surface area contributed by atoms with Crippen LogP contribution in [0.1, 0.15) is 0 Å². The van der Waals surface area contributed by atoms with Crippen molar-refractivity contribution in [1.29, 1.82) is 0 Å². The molecule has 3 aromatic heterocycles. The van der Waals surface area contributed by atoms with Crippen LogP contribution in [0.3, 0.4) is 0 Å². The highest BCUT2D eigenvalue weighted by Gasteiger charge is 2.19. The number of rotatable bonds is 5. The molecule has 0 N–H and O–H groups in total. The normalized spacial score (nSPS) is 11.4. The number of nitrogens with zero attached hydrogens (tertiary/aromatic N) is 6. The van der Waals surface area contributed by atoms with Crippen LogP contribution in [0, 0.1) is 6.57 Å². The minimum Gasteiger partial charge on any atom is -0.309 e. The highest BCUT2D eigenvalue weighted by Crippen LogP contribution is 2.40. The fourth-order valence-corrected chi connectivity index (χ4v) is 7.41. The van der Waals surface area contributed by atoms with Crippen molar-refractivity contribution in [3.05, 3.63) is 181 Å². The van der Waals surface area contributed by atoms with Gasteiger partial charge in [-0.3, -0.25) is 0 Å². The zero-order valence-corrected chi connectivity index (χ0v) is 27.8. The molecule has 0 unspecified atom stereocenters. The maximum absolute atomic E-state index is 7.56. The van der Waals surface area contributed by atoms with Crippen molar-refractivity contribution in [3.63, 3.8) is 0 Å². The Labute approximate surface area is 299 Å². The van der Waals surface area contributed by atoms with Crippen LogP contribution in [0.25, 0.3) is 94.0 Å². The SMILES string of the molecule is [C-]#[N+]c1cccc(-c2nc(-c3ccccc3)nc(-c3cccc(-n4c5ccccc5c5cc6c7ccccc7n(-c7ccccc7)c6cc54)c3)n2)c1. The highest BCUT2D eigenvalue weighted by molar-refractivity contribution is 6.19. The summed E-state index contributed by atoms with van der Waals surface area (Å²) in [6, 6.07) is 58.3. The van der Waals surface area contributed by atoms with Crippen LogP contribution in [0.2, 0.25) is 0 Å². The van der Waals surface area contributed by atoms with E-state index in [1.54, 1.807) is 6.07 Å². The van der Waals surface area contributed by atoms with Gasteiger partial charge in [0.2, 0.25) is 0 Å². The summed E-state index contributed by atoms with van der Waals surface area (Å²) in [6.07, 6.45) is 0. The minimum absolute atomic E-state index is 0.521. The van der Waals surface area contributed by atoms with Crippen molar-refractivity contribution in [2.75, 3.05) is 0 Å². The van der Waals surface area contributed by atoms with Gasteiger partial charge in [0, 0.05) is 49.6 Å². The molecular weight excluding hydrogens is 637 g/mol. The molecule has 10 aromatic rings. The van der Waals surface area contributed by atoms with Gasteiger partial charge >= 0.3 is 0 Å². The maximum Gasteiger partial charge on any atom is 0.187 e. The first-order valence-corrected chi connectivity index (χ1v) is 17.2. The molecule has 0 amide bonds. The third-order valence-corrected chi connectivity index (χ3v) is 9.74. The number of aromatic nitrogens is 5. The molecule has 52 heavy (non-hydrogen) atoms. The molecule has 7 aromatic carbocycles. The van der Waals surface area contributed by atoms with Gasteiger partial charge in [0.1, 0.15) is 0 Å². The van der Waals surface area contributed by atoms with Gasteiger partial charge in [-0.25, -0.2) is 19.8 Å². The van der Waals surface area contributed by atoms with Gasteiger partial charge in [-0.1, -0.05) is 115 Å². The molecule has 3 heterocycles. The van der Waals surface area contributed by atoms with Gasteiger partial charge in [-0.2, -0.15) is 0 Å². The summed E-state index contributed by atoms with van der Waals surface area (Å²) in [7, 11) is 0. The van der Waals surface area contributed by atoms with Crippen molar-refractivity contribution in [2.45, 2.75) is 0 Å². The Morgan fingerprint density at radius 2 is 0.846 bits per heavy atom. The summed E-state index contributed by atoms with van der Waals surface area (Å²) in [5.41, 5.74) is 9.75. The monoisotopic (exact) mass is 664 g/mol. The average molecular weight is 665 g/mol. The van der Waals surface area contributed by atoms with Crippen molar-refractivity contribution in [1.82, 2.24) is 24.1 Å². The van der Waals surface area contributed by atoms with E-state index in [0.29, 0.717) is 23.2 Å². The van der Waals surface area contributed by atoms with E-state index < -0.39 is 0 Å². The van der Waals surface area contributed by atoms with Crippen LogP contribution in [0.4, 0.5) is 5.69 Å². The van der Waals surface area contributed by atoms with Crippen LogP contribution in [0.15, 0.2) is 170 Å². The second-order valence-electron chi connectivity index (χ2n) is 12.8. The lowest BCUT2D eigenvalue weighted by Crippen LogP contribution is -2.01. The second kappa shape index (κ2) is 11.9. The highest BCUT2D eigenvalue weighted by atomic mass is 15.0. The quantitative estimate of drug-likeness (QED) is 0.172. The summed E-state index contributed by atoms with van der Waals surface area (Å²) in [4.78, 5) is 18.5. The molecule has 6 heteroatoms. The third kappa shape index (κ3) is 4.76. The van der Waals surface area contributed by atoms with E-state index in [1.165, 1.54) is 27.1 Å². The molecule has 0 fully saturated rings. The fourth-order valence-electron chi connectivity index (χ4n) is 7.41. The lowest BCUT2D eigenvalue weighted by molar-refractivity contribution is 1.07. The number of benzene rings is 7. The van der Waals surface area contributed by atoms with E-state index >= 15 is 0 Å². The van der Waals surface area contributed by atoms with E-state index in [0.717, 1.165) is 44.6 Å². The lowest BCUT2D eigenvalue weighted by atomic mass is 10.1. The van der Waals surface area contributed by atoms with Gasteiger partial charge in [-0.15, -0.1) is 0 Å². The van der Waals surface area contributed by atoms with Crippen molar-refractivity contribution in [2.24, 2.45) is 0 Å². The minimum atomic E-state index is 0.521. The van der Waals surface area contributed by atoms with E-state index in [1.807, 2.05) is 54.6 Å². The van der Waals surface area contributed by atoms with Crippen molar-refractivity contribution < 1.29 is 0 Å². The molecule has 0 aliphatic rings. The molecule has 0 aliphatic heterocycles. The Hall–Kier alpha value is -7.36. The molecule has 6 nitrogen and oxygen atoms in total. The van der Waals surface area contributed by atoms with E-state index in [2.05, 4.69) is 123 Å². The molecule has 0 radical (unpaired) electrons. The number of para-hydroxylation sites is 3. The predicted molar refractivity (Wildman–Crippen MR) is 211 cm³/mol. The first kappa shape index (κ1) is 29.5. The Balaban J connectivity index is 1.21. The Kier molecular flexibility index (Phi) is 6.76. The van der Waals surface area contributed by atoms with Crippen molar-refractivity contribution in [3.8, 4) is 45.5 Å². The van der Waals surface area contributed by atoms with Crippen LogP contribution in [0.5, 0.6) is 0 Å². The fraction of sp³-hybridized carbons (Fsp3) is 0. The van der Waals surface area contributed by atoms with Crippen LogP contribution < -0.4 is 0 Å². The summed E-state index contributed by atoms with van der Waals surface area (Å²) in [5.74, 6) is 1.66. The molecule has 0 saturated heterocycles. The Morgan fingerprint density at radius 3 is 1.48 bits per heavy atom. The molecule has 0 atom stereocenters. The largest absolute Gasteiger partial charge is 0.309 e. The third-order valence-electron chi connectivity index (χ3n) is 9.74. The van der Waals surface area contributed by atoms with Crippen LogP contribution in [-0.4, -0.2) is 24.1 Å². The summed E-state index contributed by atoms with van der Waals surface area (Å²) >= 11 is 0. The van der Waals surface area contributed by atoms with Gasteiger partial charge in [0.25, 0.3) is 0 Å². The van der Waals surface area contributed by atoms with E-state index in [4.69, 9.17) is 21.5 Å². The van der Waals surface area contributed by atoms with Gasteiger partial charge in [0.05, 0.1) is 28.6 Å². The molecule has 0 saturated carbocycles. The zero-order chi connectivity index (χ0) is 34.6. The number of hydrogen-bond acceptors (Lipinski definition) is 3. The first-order chi connectivity index (χ1) is 25.7. The van der Waals surface area contributed by atoms with E-state index in [9.17, 15) is 0 Å². The summed E-state index contributed by atoms with van der Waals surface area (Å²) < 4.78 is 4.71. The first-order valence-electron chi connectivity index (χ1n) is 17.2. The van der Waals surface area contributed by atoms with Gasteiger partial charge in [-0.05, 0) is 54.6 Å². The van der Waals surface area contributed by atoms with Crippen LogP contribution in [-0.2, 0) is 0 Å². The Bertz CT molecular complexity index is 3020. The zero-order valence-electron chi connectivity index (χ0n) is 27.8. The molecule has 242 valence electrons. The predicted octanol–water partition coefficient (Wildman–Crippen LogP) is 11.6. The maximum atomic E-state index is 7.56. The molecule has 0 aliphatic carbocycles. The number of hydrogen-bond donors (Lipinski definition) is 0. The topological polar surface area (TPSA) is 52.9 Å². The average Bonchev–Trinajstić information content (AvgIpc) is 3.72. The van der Waals surface area contributed by atoms with Gasteiger partial charge < -0.3 is 9.13 Å². The van der Waals surface area contributed by atoms with Crippen molar-refractivity contribution >= 4 is 49.3 Å². The standard InChI is InChI=1S/C46H28N6/c1-47-33-18-12-16-31(26-33)45-48-44(30-14-4-2-5-15-30)49-46(50-45)32-17-13-21-35(27-32)52-41-25-11-9-23-37(41)39-28-38-36-22-8-10-24-40(36)51(42(38)29-43(39)52)34-19-6-3-7-20-34/h2-29H. The van der Waals surface area contributed by atoms with E-state index in [-0.39, 0.29) is 0 Å². The van der Waals surface area contributed by atoms with Gasteiger partial charge in [0.15, 0.2) is 23.2 Å². The molecule has 0 spiro atoms. The molecular formula is C46H28N6. The Morgan fingerprint density at radius 1 is 0.365 bits per heavy atom. The van der Waals surface area contributed by atoms with Crippen LogP contribution >= 0.6 is 0 Å². The second-order valence-corrected chi connectivity index (χ2v) is 12.8. The lowest BCUT2D eigenvalue weighted by Gasteiger charge is -2.12. The summed E-state index contributed by atoms with van der Waals surface area (Å²) in [6.45, 7) is 7.56. The number of fused-ring (bicyclic) bond motifs is 6. The summed E-state index contributed by atoms with van der Waals surface area (Å²) in [5, 5.41) is 4.83. The molecule has 0 bridgehead atoms. The molecule has 10 rings (SSSR count).